The van der Waals surface area contributed by atoms with Crippen molar-refractivity contribution in [2.75, 3.05) is 0 Å². The van der Waals surface area contributed by atoms with Crippen LogP contribution in [-0.4, -0.2) is 28.0 Å². The molecule has 0 spiro atoms. The van der Waals surface area contributed by atoms with Gasteiger partial charge in [-0.1, -0.05) is 31.5 Å². The molecular formula is C15H16N2O4. The minimum absolute atomic E-state index is 0.0565. The molecule has 0 radical (unpaired) electrons. The van der Waals surface area contributed by atoms with Gasteiger partial charge in [0, 0.05) is 5.39 Å². The number of carbonyl (C=O) groups is 2. The van der Waals surface area contributed by atoms with E-state index >= 15 is 0 Å². The van der Waals surface area contributed by atoms with E-state index < -0.39 is 17.9 Å². The van der Waals surface area contributed by atoms with Gasteiger partial charge in [0.2, 0.25) is 0 Å². The first-order chi connectivity index (χ1) is 10.0. The van der Waals surface area contributed by atoms with E-state index in [1.54, 1.807) is 24.3 Å². The molecular weight excluding hydrogens is 272 g/mol. The summed E-state index contributed by atoms with van der Waals surface area (Å²) in [6.45, 7) is 1.83. The van der Waals surface area contributed by atoms with Gasteiger partial charge in [-0.15, -0.1) is 0 Å². The molecule has 2 rings (SSSR count). The highest BCUT2D eigenvalue weighted by Crippen LogP contribution is 2.10. The number of carboxylic acids is 1. The smallest absolute Gasteiger partial charge is 0.326 e. The SMILES string of the molecule is CCCC(NC(=O)c1cc2ccccc2c(=O)[nH]1)C(=O)O. The van der Waals surface area contributed by atoms with E-state index in [0.717, 1.165) is 0 Å². The average Bonchev–Trinajstić information content (AvgIpc) is 2.46. The van der Waals surface area contributed by atoms with Crippen LogP contribution in [0.5, 0.6) is 0 Å². The molecule has 1 unspecified atom stereocenters. The van der Waals surface area contributed by atoms with Crippen molar-refractivity contribution in [2.24, 2.45) is 0 Å². The number of hydrogen-bond donors (Lipinski definition) is 3. The van der Waals surface area contributed by atoms with Crippen LogP contribution >= 0.6 is 0 Å². The van der Waals surface area contributed by atoms with Crippen molar-refractivity contribution in [3.05, 3.63) is 46.4 Å². The molecule has 0 aliphatic rings. The maximum atomic E-state index is 12.1. The molecule has 1 aromatic carbocycles. The third-order valence-corrected chi connectivity index (χ3v) is 3.18. The number of rotatable bonds is 5. The van der Waals surface area contributed by atoms with Crippen LogP contribution in [0.4, 0.5) is 0 Å². The Labute approximate surface area is 120 Å². The van der Waals surface area contributed by atoms with Crippen molar-refractivity contribution in [2.45, 2.75) is 25.8 Å². The highest BCUT2D eigenvalue weighted by Gasteiger charge is 2.20. The van der Waals surface area contributed by atoms with Crippen LogP contribution in [0.15, 0.2) is 35.1 Å². The molecule has 1 heterocycles. The van der Waals surface area contributed by atoms with E-state index in [-0.39, 0.29) is 11.3 Å². The number of H-pyrrole nitrogens is 1. The Morgan fingerprint density at radius 3 is 2.71 bits per heavy atom. The minimum Gasteiger partial charge on any atom is -0.480 e. The zero-order valence-corrected chi connectivity index (χ0v) is 11.6. The number of aromatic nitrogens is 1. The third-order valence-electron chi connectivity index (χ3n) is 3.18. The Balaban J connectivity index is 2.31. The first-order valence-corrected chi connectivity index (χ1v) is 6.68. The van der Waals surface area contributed by atoms with E-state index in [2.05, 4.69) is 10.3 Å². The fourth-order valence-electron chi connectivity index (χ4n) is 2.12. The van der Waals surface area contributed by atoms with Crippen molar-refractivity contribution in [1.82, 2.24) is 10.3 Å². The molecule has 0 aliphatic heterocycles. The normalized spacial score (nSPS) is 12.0. The molecule has 110 valence electrons. The lowest BCUT2D eigenvalue weighted by atomic mass is 10.1. The lowest BCUT2D eigenvalue weighted by molar-refractivity contribution is -0.139. The number of aromatic amines is 1. The van der Waals surface area contributed by atoms with Crippen molar-refractivity contribution >= 4 is 22.6 Å². The third kappa shape index (κ3) is 3.28. The lowest BCUT2D eigenvalue weighted by Gasteiger charge is -2.13. The predicted molar refractivity (Wildman–Crippen MR) is 78.4 cm³/mol. The second-order valence-electron chi connectivity index (χ2n) is 4.75. The van der Waals surface area contributed by atoms with E-state index in [0.29, 0.717) is 23.6 Å². The molecule has 3 N–H and O–H groups in total. The quantitative estimate of drug-likeness (QED) is 0.776. The maximum absolute atomic E-state index is 12.1. The summed E-state index contributed by atoms with van der Waals surface area (Å²) in [7, 11) is 0. The molecule has 1 amide bonds. The monoisotopic (exact) mass is 288 g/mol. The molecule has 0 bridgehead atoms. The number of benzene rings is 1. The zero-order chi connectivity index (χ0) is 15.4. The molecule has 21 heavy (non-hydrogen) atoms. The molecule has 1 atom stereocenters. The second kappa shape index (κ2) is 6.21. The van der Waals surface area contributed by atoms with Gasteiger partial charge in [-0.25, -0.2) is 4.79 Å². The number of amides is 1. The topological polar surface area (TPSA) is 99.3 Å². The predicted octanol–water partition coefficient (Wildman–Crippen LogP) is 1.51. The lowest BCUT2D eigenvalue weighted by Crippen LogP contribution is -2.41. The van der Waals surface area contributed by atoms with Crippen LogP contribution in [0, 0.1) is 0 Å². The van der Waals surface area contributed by atoms with Gasteiger partial charge in [0.15, 0.2) is 0 Å². The number of hydrogen-bond acceptors (Lipinski definition) is 3. The Kier molecular flexibility index (Phi) is 4.37. The number of fused-ring (bicyclic) bond motifs is 1. The van der Waals surface area contributed by atoms with E-state index in [1.165, 1.54) is 6.07 Å². The molecule has 0 aliphatic carbocycles. The van der Waals surface area contributed by atoms with E-state index in [1.807, 2.05) is 6.92 Å². The summed E-state index contributed by atoms with van der Waals surface area (Å²) < 4.78 is 0. The van der Waals surface area contributed by atoms with Gasteiger partial charge in [-0.2, -0.15) is 0 Å². The van der Waals surface area contributed by atoms with Crippen LogP contribution < -0.4 is 10.9 Å². The highest BCUT2D eigenvalue weighted by molar-refractivity contribution is 5.98. The molecule has 0 saturated carbocycles. The molecule has 6 nitrogen and oxygen atoms in total. The summed E-state index contributed by atoms with van der Waals surface area (Å²) in [5, 5.41) is 12.6. The first-order valence-electron chi connectivity index (χ1n) is 6.68. The Hall–Kier alpha value is -2.63. The number of aliphatic carboxylic acids is 1. The number of carboxylic acid groups (broad SMARTS) is 1. The summed E-state index contributed by atoms with van der Waals surface area (Å²) in [4.78, 5) is 37.5. The number of pyridine rings is 1. The van der Waals surface area contributed by atoms with Crippen molar-refractivity contribution in [3.8, 4) is 0 Å². The number of nitrogens with one attached hydrogen (secondary N) is 2. The first kappa shape index (κ1) is 14.8. The Morgan fingerprint density at radius 2 is 2.05 bits per heavy atom. The Morgan fingerprint density at radius 1 is 1.33 bits per heavy atom. The highest BCUT2D eigenvalue weighted by atomic mass is 16.4. The van der Waals surface area contributed by atoms with Crippen molar-refractivity contribution < 1.29 is 14.7 Å². The van der Waals surface area contributed by atoms with Crippen LogP contribution in [0.25, 0.3) is 10.8 Å². The van der Waals surface area contributed by atoms with Crippen molar-refractivity contribution in [1.29, 1.82) is 0 Å². The summed E-state index contributed by atoms with van der Waals surface area (Å²) in [5.74, 6) is -1.69. The maximum Gasteiger partial charge on any atom is 0.326 e. The van der Waals surface area contributed by atoms with Crippen LogP contribution in [0.3, 0.4) is 0 Å². The standard InChI is InChI=1S/C15H16N2O4/c1-2-5-11(15(20)21)16-14(19)12-8-9-6-3-4-7-10(9)13(18)17-12/h3-4,6-8,11H,2,5H2,1H3,(H,16,19)(H,17,18)(H,20,21). The summed E-state index contributed by atoms with van der Waals surface area (Å²) in [5.41, 5.74) is -0.318. The van der Waals surface area contributed by atoms with Crippen LogP contribution in [-0.2, 0) is 4.79 Å². The molecule has 6 heteroatoms. The van der Waals surface area contributed by atoms with Gasteiger partial charge in [-0.05, 0) is 23.9 Å². The van der Waals surface area contributed by atoms with E-state index in [9.17, 15) is 14.4 Å². The zero-order valence-electron chi connectivity index (χ0n) is 11.6. The summed E-state index contributed by atoms with van der Waals surface area (Å²) in [6.07, 6.45) is 0.963. The van der Waals surface area contributed by atoms with E-state index in [4.69, 9.17) is 5.11 Å². The van der Waals surface area contributed by atoms with Gasteiger partial charge >= 0.3 is 5.97 Å². The molecule has 2 aromatic rings. The molecule has 0 saturated heterocycles. The van der Waals surface area contributed by atoms with Gasteiger partial charge in [-0.3, -0.25) is 9.59 Å². The van der Waals surface area contributed by atoms with Gasteiger partial charge in [0.05, 0.1) is 0 Å². The van der Waals surface area contributed by atoms with Gasteiger partial charge in [0.1, 0.15) is 11.7 Å². The summed E-state index contributed by atoms with van der Waals surface area (Å²) in [6, 6.07) is 7.46. The fraction of sp³-hybridized carbons (Fsp3) is 0.267. The second-order valence-corrected chi connectivity index (χ2v) is 4.75. The molecule has 0 fully saturated rings. The largest absolute Gasteiger partial charge is 0.480 e. The summed E-state index contributed by atoms with van der Waals surface area (Å²) >= 11 is 0. The van der Waals surface area contributed by atoms with Gasteiger partial charge in [0.25, 0.3) is 11.5 Å². The average molecular weight is 288 g/mol. The number of carbonyl (C=O) groups excluding carboxylic acids is 1. The minimum atomic E-state index is -1.09. The fourth-order valence-corrected chi connectivity index (χ4v) is 2.12. The van der Waals surface area contributed by atoms with Crippen LogP contribution in [0.2, 0.25) is 0 Å². The Bertz CT molecular complexity index is 736. The molecule has 1 aromatic heterocycles. The van der Waals surface area contributed by atoms with Crippen molar-refractivity contribution in [3.63, 3.8) is 0 Å². The van der Waals surface area contributed by atoms with Crippen LogP contribution in [0.1, 0.15) is 30.3 Å². The van der Waals surface area contributed by atoms with Gasteiger partial charge < -0.3 is 15.4 Å².